The number of carbonyl (C=O) groups excluding carboxylic acids is 1. The van der Waals surface area contributed by atoms with E-state index >= 15 is 0 Å². The van der Waals surface area contributed by atoms with Gasteiger partial charge in [-0.05, 0) is 48.8 Å². The fourth-order valence-electron chi connectivity index (χ4n) is 3.80. The van der Waals surface area contributed by atoms with Gasteiger partial charge in [0, 0.05) is 32.2 Å². The third kappa shape index (κ3) is 4.93. The van der Waals surface area contributed by atoms with E-state index in [-0.39, 0.29) is 23.3 Å². The number of rotatable bonds is 5. The number of sulfonamides is 1. The highest BCUT2D eigenvalue weighted by molar-refractivity contribution is 7.89. The number of nitrogens with one attached hydrogen (secondary N) is 1. The summed E-state index contributed by atoms with van der Waals surface area (Å²) in [5.41, 5.74) is 1.09. The summed E-state index contributed by atoms with van der Waals surface area (Å²) < 4.78 is 32.9. The lowest BCUT2D eigenvalue weighted by molar-refractivity contribution is -0.126. The molecule has 0 spiro atoms. The molecule has 0 aromatic heterocycles. The summed E-state index contributed by atoms with van der Waals surface area (Å²) in [6, 6.07) is 7.16. The van der Waals surface area contributed by atoms with Crippen LogP contribution in [-0.2, 0) is 25.0 Å². The number of hydrogen-bond acceptors (Lipinski definition) is 4. The molecule has 156 valence electrons. The van der Waals surface area contributed by atoms with Crippen LogP contribution in [0.4, 0.5) is 0 Å². The second-order valence-corrected chi connectivity index (χ2v) is 10.8. The quantitative estimate of drug-likeness (QED) is 0.813. The van der Waals surface area contributed by atoms with Crippen LogP contribution in [0.15, 0.2) is 29.2 Å². The second-order valence-electron chi connectivity index (χ2n) is 8.83. The van der Waals surface area contributed by atoms with Crippen molar-refractivity contribution in [3.05, 3.63) is 29.8 Å². The highest BCUT2D eigenvalue weighted by atomic mass is 32.2. The molecule has 0 saturated carbocycles. The summed E-state index contributed by atoms with van der Waals surface area (Å²) in [5, 5.41) is 2.97. The molecule has 1 atom stereocenters. The van der Waals surface area contributed by atoms with Crippen LogP contribution in [0.1, 0.15) is 52.0 Å². The van der Waals surface area contributed by atoms with E-state index in [0.29, 0.717) is 37.4 Å². The van der Waals surface area contributed by atoms with Crippen molar-refractivity contribution in [1.82, 2.24) is 9.62 Å². The Labute approximate surface area is 168 Å². The normalized spacial score (nSPS) is 22.3. The molecule has 2 fully saturated rings. The summed E-state index contributed by atoms with van der Waals surface area (Å²) in [4.78, 5) is 12.7. The van der Waals surface area contributed by atoms with Crippen LogP contribution < -0.4 is 5.32 Å². The third-order valence-electron chi connectivity index (χ3n) is 5.71. The molecule has 3 rings (SSSR count). The molecule has 28 heavy (non-hydrogen) atoms. The molecule has 0 bridgehead atoms. The van der Waals surface area contributed by atoms with Crippen LogP contribution in [0.2, 0.25) is 0 Å². The van der Waals surface area contributed by atoms with Crippen LogP contribution >= 0.6 is 0 Å². The second kappa shape index (κ2) is 8.51. The molecular formula is C21H32N2O4S. The molecule has 1 aromatic carbocycles. The van der Waals surface area contributed by atoms with Crippen molar-refractivity contribution in [2.45, 2.75) is 62.9 Å². The highest BCUT2D eigenvalue weighted by Crippen LogP contribution is 2.27. The largest absolute Gasteiger partial charge is 0.376 e. The third-order valence-corrected chi connectivity index (χ3v) is 7.62. The van der Waals surface area contributed by atoms with E-state index in [1.54, 1.807) is 12.1 Å². The molecule has 0 radical (unpaired) electrons. The van der Waals surface area contributed by atoms with E-state index in [4.69, 9.17) is 4.74 Å². The topological polar surface area (TPSA) is 75.7 Å². The fraction of sp³-hybridized carbons (Fsp3) is 0.667. The van der Waals surface area contributed by atoms with Crippen molar-refractivity contribution in [1.29, 1.82) is 0 Å². The first-order chi connectivity index (χ1) is 13.2. The number of piperidine rings is 1. The summed E-state index contributed by atoms with van der Waals surface area (Å²) in [6.45, 7) is 8.38. The number of carbonyl (C=O) groups is 1. The van der Waals surface area contributed by atoms with Gasteiger partial charge in [0.05, 0.1) is 11.0 Å². The number of nitrogens with zero attached hydrogens (tertiary/aromatic N) is 1. The van der Waals surface area contributed by atoms with Gasteiger partial charge >= 0.3 is 0 Å². The number of benzene rings is 1. The molecule has 2 aliphatic heterocycles. The smallest absolute Gasteiger partial charge is 0.243 e. The predicted octanol–water partition coefficient (Wildman–Crippen LogP) is 2.68. The molecule has 6 nitrogen and oxygen atoms in total. The Morgan fingerprint density at radius 2 is 1.79 bits per heavy atom. The van der Waals surface area contributed by atoms with Crippen LogP contribution in [0.5, 0.6) is 0 Å². The Morgan fingerprint density at radius 1 is 1.14 bits per heavy atom. The van der Waals surface area contributed by atoms with Crippen LogP contribution in [-0.4, -0.2) is 51.0 Å². The molecule has 1 unspecified atom stereocenters. The number of ether oxygens (including phenoxy) is 1. The minimum atomic E-state index is -3.52. The predicted molar refractivity (Wildman–Crippen MR) is 109 cm³/mol. The fourth-order valence-corrected chi connectivity index (χ4v) is 5.27. The molecular weight excluding hydrogens is 376 g/mol. The average molecular weight is 409 g/mol. The van der Waals surface area contributed by atoms with Gasteiger partial charge in [-0.2, -0.15) is 4.31 Å². The van der Waals surface area contributed by atoms with E-state index in [1.165, 1.54) is 4.31 Å². The summed E-state index contributed by atoms with van der Waals surface area (Å²) in [7, 11) is -3.52. The SMILES string of the molecule is CC(C)(C)c1ccc(S(=O)(=O)N2CCC(C(=O)NCC3CCCO3)CC2)cc1. The molecule has 2 aliphatic rings. The van der Waals surface area contributed by atoms with Crippen molar-refractivity contribution in [2.75, 3.05) is 26.2 Å². The number of hydrogen-bond donors (Lipinski definition) is 1. The van der Waals surface area contributed by atoms with Gasteiger partial charge in [0.1, 0.15) is 0 Å². The van der Waals surface area contributed by atoms with Gasteiger partial charge in [-0.25, -0.2) is 8.42 Å². The maximum atomic E-state index is 12.9. The van der Waals surface area contributed by atoms with Gasteiger partial charge in [-0.15, -0.1) is 0 Å². The van der Waals surface area contributed by atoms with Gasteiger partial charge in [0.2, 0.25) is 15.9 Å². The lowest BCUT2D eigenvalue weighted by atomic mass is 9.87. The minimum absolute atomic E-state index is 0.0158. The zero-order chi connectivity index (χ0) is 20.4. The van der Waals surface area contributed by atoms with E-state index in [2.05, 4.69) is 26.1 Å². The Hall–Kier alpha value is -1.44. The van der Waals surface area contributed by atoms with E-state index in [9.17, 15) is 13.2 Å². The van der Waals surface area contributed by atoms with E-state index < -0.39 is 10.0 Å². The molecule has 2 heterocycles. The molecule has 1 aromatic rings. The highest BCUT2D eigenvalue weighted by Gasteiger charge is 2.32. The van der Waals surface area contributed by atoms with Crippen molar-refractivity contribution in [3.8, 4) is 0 Å². The zero-order valence-corrected chi connectivity index (χ0v) is 17.9. The average Bonchev–Trinajstić information content (AvgIpc) is 3.19. The molecule has 1 N–H and O–H groups in total. The Balaban J connectivity index is 1.55. The van der Waals surface area contributed by atoms with E-state index in [0.717, 1.165) is 25.0 Å². The van der Waals surface area contributed by atoms with Crippen LogP contribution in [0.3, 0.4) is 0 Å². The first kappa shape index (κ1) is 21.3. The first-order valence-electron chi connectivity index (χ1n) is 10.2. The van der Waals surface area contributed by atoms with Crippen molar-refractivity contribution < 1.29 is 17.9 Å². The lowest BCUT2D eigenvalue weighted by Gasteiger charge is -2.31. The van der Waals surface area contributed by atoms with Gasteiger partial charge in [-0.3, -0.25) is 4.79 Å². The van der Waals surface area contributed by atoms with Crippen LogP contribution in [0.25, 0.3) is 0 Å². The molecule has 0 aliphatic carbocycles. The van der Waals surface area contributed by atoms with Gasteiger partial charge in [0.15, 0.2) is 0 Å². The van der Waals surface area contributed by atoms with Crippen molar-refractivity contribution >= 4 is 15.9 Å². The first-order valence-corrected chi connectivity index (χ1v) is 11.6. The summed E-state index contributed by atoms with van der Waals surface area (Å²) in [5.74, 6) is -0.113. The molecule has 1 amide bonds. The Bertz CT molecular complexity index is 770. The van der Waals surface area contributed by atoms with E-state index in [1.807, 2.05) is 12.1 Å². The lowest BCUT2D eigenvalue weighted by Crippen LogP contribution is -2.44. The Morgan fingerprint density at radius 3 is 2.32 bits per heavy atom. The standard InChI is InChI=1S/C21H32N2O4S/c1-21(2,3)17-6-8-19(9-7-17)28(25,26)23-12-10-16(11-13-23)20(24)22-15-18-5-4-14-27-18/h6-9,16,18H,4-5,10-15H2,1-3H3,(H,22,24). The Kier molecular flexibility index (Phi) is 6.47. The molecule has 7 heteroatoms. The van der Waals surface area contributed by atoms with Gasteiger partial charge in [-0.1, -0.05) is 32.9 Å². The maximum absolute atomic E-state index is 12.9. The zero-order valence-electron chi connectivity index (χ0n) is 17.1. The van der Waals surface area contributed by atoms with Gasteiger partial charge in [0.25, 0.3) is 0 Å². The molecule has 2 saturated heterocycles. The van der Waals surface area contributed by atoms with Crippen molar-refractivity contribution in [2.24, 2.45) is 5.92 Å². The van der Waals surface area contributed by atoms with Crippen LogP contribution in [0, 0.1) is 5.92 Å². The monoisotopic (exact) mass is 408 g/mol. The summed E-state index contributed by atoms with van der Waals surface area (Å²) in [6.07, 6.45) is 3.27. The maximum Gasteiger partial charge on any atom is 0.243 e. The summed E-state index contributed by atoms with van der Waals surface area (Å²) >= 11 is 0. The van der Waals surface area contributed by atoms with Crippen molar-refractivity contribution in [3.63, 3.8) is 0 Å². The number of amides is 1. The minimum Gasteiger partial charge on any atom is -0.376 e. The van der Waals surface area contributed by atoms with Gasteiger partial charge < -0.3 is 10.1 Å².